The van der Waals surface area contributed by atoms with E-state index in [1.807, 2.05) is 6.92 Å². The molecule has 112 valence electrons. The lowest BCUT2D eigenvalue weighted by molar-refractivity contribution is 0.510. The number of hydrogen-bond acceptors (Lipinski definition) is 1. The Kier molecular flexibility index (Phi) is 5.38. The fourth-order valence-electron chi connectivity index (χ4n) is 2.74. The van der Waals surface area contributed by atoms with Gasteiger partial charge in [0.2, 0.25) is 0 Å². The van der Waals surface area contributed by atoms with Crippen LogP contribution < -0.4 is 5.32 Å². The summed E-state index contributed by atoms with van der Waals surface area (Å²) in [7, 11) is 0. The lowest BCUT2D eigenvalue weighted by atomic mass is 9.96. The molecule has 0 aliphatic carbocycles. The van der Waals surface area contributed by atoms with Gasteiger partial charge in [-0.25, -0.2) is 4.39 Å². The van der Waals surface area contributed by atoms with Crippen LogP contribution in [0.3, 0.4) is 0 Å². The third-order valence-electron chi connectivity index (χ3n) is 3.51. The van der Waals surface area contributed by atoms with Crippen molar-refractivity contribution in [1.82, 2.24) is 5.32 Å². The Morgan fingerprint density at radius 2 is 1.76 bits per heavy atom. The van der Waals surface area contributed by atoms with Gasteiger partial charge in [-0.15, -0.1) is 0 Å². The van der Waals surface area contributed by atoms with Crippen LogP contribution in [-0.4, -0.2) is 6.54 Å². The van der Waals surface area contributed by atoms with Gasteiger partial charge < -0.3 is 5.32 Å². The second-order valence-corrected chi connectivity index (χ2v) is 5.91. The van der Waals surface area contributed by atoms with Gasteiger partial charge in [0.1, 0.15) is 5.82 Å². The Balaban J connectivity index is 2.32. The van der Waals surface area contributed by atoms with Gasteiger partial charge >= 0.3 is 0 Å². The molecule has 0 amide bonds. The predicted molar refractivity (Wildman–Crippen MR) is 87.4 cm³/mol. The van der Waals surface area contributed by atoms with Crippen LogP contribution in [0.1, 0.15) is 35.2 Å². The monoisotopic (exact) mass is 305 g/mol. The van der Waals surface area contributed by atoms with E-state index in [2.05, 4.69) is 37.4 Å². The SMILES string of the molecule is CCNC(Cc1cc(C)cc(C)c1)c1cc(Cl)ccc1F. The lowest BCUT2D eigenvalue weighted by Crippen LogP contribution is -2.24. The van der Waals surface area contributed by atoms with E-state index in [4.69, 9.17) is 11.6 Å². The average molecular weight is 306 g/mol. The first-order valence-corrected chi connectivity index (χ1v) is 7.63. The first-order chi connectivity index (χ1) is 9.99. The second-order valence-electron chi connectivity index (χ2n) is 5.48. The number of nitrogens with one attached hydrogen (secondary N) is 1. The van der Waals surface area contributed by atoms with E-state index in [1.165, 1.54) is 22.8 Å². The van der Waals surface area contributed by atoms with Crippen molar-refractivity contribution in [2.24, 2.45) is 0 Å². The Morgan fingerprint density at radius 1 is 1.10 bits per heavy atom. The fourth-order valence-corrected chi connectivity index (χ4v) is 2.92. The number of hydrogen-bond donors (Lipinski definition) is 1. The molecular weight excluding hydrogens is 285 g/mol. The minimum Gasteiger partial charge on any atom is -0.310 e. The van der Waals surface area contributed by atoms with Gasteiger partial charge in [0.15, 0.2) is 0 Å². The van der Waals surface area contributed by atoms with Crippen molar-refractivity contribution in [1.29, 1.82) is 0 Å². The highest BCUT2D eigenvalue weighted by Crippen LogP contribution is 2.25. The third kappa shape index (κ3) is 4.29. The topological polar surface area (TPSA) is 12.0 Å². The van der Waals surface area contributed by atoms with Crippen LogP contribution in [0.15, 0.2) is 36.4 Å². The molecule has 2 rings (SSSR count). The molecule has 1 N–H and O–H groups in total. The first kappa shape index (κ1) is 16.0. The molecule has 0 saturated heterocycles. The molecule has 2 aromatic carbocycles. The molecule has 1 atom stereocenters. The van der Waals surface area contributed by atoms with Gasteiger partial charge in [-0.3, -0.25) is 0 Å². The van der Waals surface area contributed by atoms with Gasteiger partial charge in [0.25, 0.3) is 0 Å². The highest BCUT2D eigenvalue weighted by atomic mass is 35.5. The molecular formula is C18H21ClFN. The van der Waals surface area contributed by atoms with Crippen molar-refractivity contribution in [2.45, 2.75) is 33.2 Å². The van der Waals surface area contributed by atoms with Crippen molar-refractivity contribution in [3.05, 3.63) is 69.5 Å². The van der Waals surface area contributed by atoms with Crippen LogP contribution in [0.5, 0.6) is 0 Å². The molecule has 0 saturated carbocycles. The summed E-state index contributed by atoms with van der Waals surface area (Å²) in [5, 5.41) is 3.92. The number of aryl methyl sites for hydroxylation is 2. The minimum atomic E-state index is -0.213. The fraction of sp³-hybridized carbons (Fsp3) is 0.333. The van der Waals surface area contributed by atoms with Gasteiger partial charge in [-0.1, -0.05) is 47.9 Å². The lowest BCUT2D eigenvalue weighted by Gasteiger charge is -2.20. The first-order valence-electron chi connectivity index (χ1n) is 7.25. The summed E-state index contributed by atoms with van der Waals surface area (Å²) in [5.74, 6) is -0.213. The number of rotatable bonds is 5. The summed E-state index contributed by atoms with van der Waals surface area (Å²) < 4.78 is 14.1. The van der Waals surface area contributed by atoms with E-state index < -0.39 is 0 Å². The molecule has 1 unspecified atom stereocenters. The van der Waals surface area contributed by atoms with Crippen LogP contribution in [0.25, 0.3) is 0 Å². The normalized spacial score (nSPS) is 12.4. The smallest absolute Gasteiger partial charge is 0.128 e. The van der Waals surface area contributed by atoms with Gasteiger partial charge in [0, 0.05) is 16.6 Å². The highest BCUT2D eigenvalue weighted by Gasteiger charge is 2.16. The molecule has 0 fully saturated rings. The standard InChI is InChI=1S/C18H21ClFN/c1-4-21-18(16-11-15(19)5-6-17(16)20)10-14-8-12(2)7-13(3)9-14/h5-9,11,18,21H,4,10H2,1-3H3. The van der Waals surface area contributed by atoms with Crippen LogP contribution in [0.4, 0.5) is 4.39 Å². The van der Waals surface area contributed by atoms with E-state index in [0.717, 1.165) is 13.0 Å². The molecule has 2 aromatic rings. The summed E-state index contributed by atoms with van der Waals surface area (Å²) >= 11 is 6.02. The van der Waals surface area contributed by atoms with Crippen LogP contribution in [-0.2, 0) is 6.42 Å². The van der Waals surface area contributed by atoms with E-state index in [0.29, 0.717) is 10.6 Å². The van der Waals surface area contributed by atoms with Crippen molar-refractivity contribution in [3.63, 3.8) is 0 Å². The van der Waals surface area contributed by atoms with Crippen LogP contribution in [0.2, 0.25) is 5.02 Å². The Morgan fingerprint density at radius 3 is 2.38 bits per heavy atom. The van der Waals surface area contributed by atoms with Crippen LogP contribution in [0, 0.1) is 19.7 Å². The number of halogens is 2. The predicted octanol–water partition coefficient (Wildman–Crippen LogP) is 4.99. The van der Waals surface area contributed by atoms with Gasteiger partial charge in [-0.2, -0.15) is 0 Å². The molecule has 0 aromatic heterocycles. The van der Waals surface area contributed by atoms with Crippen molar-refractivity contribution >= 4 is 11.6 Å². The summed E-state index contributed by atoms with van der Waals surface area (Å²) in [6.45, 7) is 6.97. The van der Waals surface area contributed by atoms with Crippen molar-refractivity contribution < 1.29 is 4.39 Å². The molecule has 0 aliphatic rings. The molecule has 1 nitrogen and oxygen atoms in total. The third-order valence-corrected chi connectivity index (χ3v) is 3.74. The Hall–Kier alpha value is -1.38. The summed E-state index contributed by atoms with van der Waals surface area (Å²) in [6.07, 6.45) is 0.744. The van der Waals surface area contributed by atoms with Crippen molar-refractivity contribution in [2.75, 3.05) is 6.54 Å². The maximum absolute atomic E-state index is 14.1. The van der Waals surface area contributed by atoms with Gasteiger partial charge in [0.05, 0.1) is 0 Å². The largest absolute Gasteiger partial charge is 0.310 e. The molecule has 3 heteroatoms. The quantitative estimate of drug-likeness (QED) is 0.820. The summed E-state index contributed by atoms with van der Waals surface area (Å²) in [5.41, 5.74) is 4.29. The van der Waals surface area contributed by atoms with E-state index in [9.17, 15) is 4.39 Å². The maximum Gasteiger partial charge on any atom is 0.128 e. The van der Waals surface area contributed by atoms with Gasteiger partial charge in [-0.05, 0) is 50.6 Å². The maximum atomic E-state index is 14.1. The Labute approximate surface area is 131 Å². The molecule has 0 spiro atoms. The molecule has 0 bridgehead atoms. The van der Waals surface area contributed by atoms with E-state index >= 15 is 0 Å². The average Bonchev–Trinajstić information content (AvgIpc) is 2.40. The number of likely N-dealkylation sites (N-methyl/N-ethyl adjacent to an activating group) is 1. The zero-order valence-electron chi connectivity index (χ0n) is 12.7. The molecule has 0 heterocycles. The highest BCUT2D eigenvalue weighted by molar-refractivity contribution is 6.30. The zero-order chi connectivity index (χ0) is 15.4. The summed E-state index contributed by atoms with van der Waals surface area (Å²) in [6, 6.07) is 11.1. The second kappa shape index (κ2) is 7.06. The van der Waals surface area contributed by atoms with E-state index in [-0.39, 0.29) is 11.9 Å². The molecule has 0 aliphatic heterocycles. The molecule has 21 heavy (non-hydrogen) atoms. The molecule has 0 radical (unpaired) electrons. The summed E-state index contributed by atoms with van der Waals surface area (Å²) in [4.78, 5) is 0. The van der Waals surface area contributed by atoms with E-state index in [1.54, 1.807) is 12.1 Å². The van der Waals surface area contributed by atoms with Crippen LogP contribution >= 0.6 is 11.6 Å². The van der Waals surface area contributed by atoms with Crippen molar-refractivity contribution in [3.8, 4) is 0 Å². The number of benzene rings is 2. The Bertz CT molecular complexity index is 604. The zero-order valence-corrected chi connectivity index (χ0v) is 13.5. The minimum absolute atomic E-state index is 0.0742.